The van der Waals surface area contributed by atoms with Gasteiger partial charge < -0.3 is 14.5 Å². The third-order valence-corrected chi connectivity index (χ3v) is 6.33. The highest BCUT2D eigenvalue weighted by Crippen LogP contribution is 2.43. The highest BCUT2D eigenvalue weighted by molar-refractivity contribution is 6.09. The molecule has 1 saturated heterocycles. The number of ether oxygens (including phenoxy) is 1. The van der Waals surface area contributed by atoms with Gasteiger partial charge in [0.2, 0.25) is 0 Å². The molecule has 1 N–H and O–H groups in total. The molecule has 0 saturated carbocycles. The van der Waals surface area contributed by atoms with Crippen LogP contribution in [0.2, 0.25) is 0 Å². The van der Waals surface area contributed by atoms with E-state index in [0.717, 1.165) is 59.7 Å². The fourth-order valence-electron chi connectivity index (χ4n) is 4.73. The molecule has 1 aromatic heterocycles. The summed E-state index contributed by atoms with van der Waals surface area (Å²) in [4.78, 5) is 15.6. The molecule has 1 atom stereocenters. The topological polar surface area (TPSA) is 54.7 Å². The number of piperidine rings is 1. The second-order valence-corrected chi connectivity index (χ2v) is 8.40. The van der Waals surface area contributed by atoms with E-state index in [0.29, 0.717) is 5.56 Å². The van der Waals surface area contributed by atoms with E-state index in [9.17, 15) is 4.79 Å². The van der Waals surface area contributed by atoms with E-state index in [1.54, 1.807) is 7.11 Å². The fourth-order valence-corrected chi connectivity index (χ4v) is 4.73. The molecular formula is C28H28N2O3. The molecular weight excluding hydrogens is 412 g/mol. The molecule has 1 fully saturated rings. The number of rotatable bonds is 6. The number of nitrogens with one attached hydrogen (secondary N) is 1. The van der Waals surface area contributed by atoms with Crippen molar-refractivity contribution in [3.05, 3.63) is 95.7 Å². The first-order chi connectivity index (χ1) is 16.3. The van der Waals surface area contributed by atoms with Crippen molar-refractivity contribution in [1.29, 1.82) is 0 Å². The van der Waals surface area contributed by atoms with Gasteiger partial charge in [-0.2, -0.15) is 0 Å². The van der Waals surface area contributed by atoms with E-state index < -0.39 is 0 Å². The van der Waals surface area contributed by atoms with Gasteiger partial charge in [0, 0.05) is 16.5 Å². The van der Waals surface area contributed by atoms with Crippen molar-refractivity contribution >= 4 is 22.6 Å². The van der Waals surface area contributed by atoms with Gasteiger partial charge in [-0.05, 0) is 56.3 Å². The van der Waals surface area contributed by atoms with Crippen molar-refractivity contribution in [2.75, 3.05) is 25.5 Å². The Morgan fingerprint density at radius 1 is 0.909 bits per heavy atom. The fraction of sp³-hybridized carbons (Fsp3) is 0.250. The zero-order valence-corrected chi connectivity index (χ0v) is 18.8. The minimum Gasteiger partial charge on any atom is -0.496 e. The Kier molecular flexibility index (Phi) is 6.13. The molecule has 1 aliphatic heterocycles. The quantitative estimate of drug-likeness (QED) is 0.384. The molecule has 5 nitrogen and oxygen atoms in total. The number of hydrogen-bond donors (Lipinski definition) is 1. The van der Waals surface area contributed by atoms with E-state index in [4.69, 9.17) is 9.15 Å². The average Bonchev–Trinajstić information content (AvgIpc) is 3.23. The van der Waals surface area contributed by atoms with Crippen molar-refractivity contribution in [2.45, 2.75) is 25.3 Å². The molecule has 33 heavy (non-hydrogen) atoms. The van der Waals surface area contributed by atoms with Crippen molar-refractivity contribution in [2.24, 2.45) is 0 Å². The van der Waals surface area contributed by atoms with Gasteiger partial charge in [0.25, 0.3) is 5.91 Å². The third kappa shape index (κ3) is 4.24. The number of carbonyl (C=O) groups is 1. The van der Waals surface area contributed by atoms with Crippen molar-refractivity contribution < 1.29 is 13.9 Å². The van der Waals surface area contributed by atoms with E-state index >= 15 is 0 Å². The average molecular weight is 441 g/mol. The van der Waals surface area contributed by atoms with Crippen LogP contribution in [0, 0.1) is 0 Å². The molecule has 5 heteroatoms. The Balaban J connectivity index is 1.66. The molecule has 0 spiro atoms. The normalized spacial score (nSPS) is 15.3. The second-order valence-electron chi connectivity index (χ2n) is 8.40. The zero-order chi connectivity index (χ0) is 22.6. The first-order valence-electron chi connectivity index (χ1n) is 11.5. The molecule has 1 amide bonds. The highest BCUT2D eigenvalue weighted by atomic mass is 16.5. The Labute approximate surface area is 194 Å². The molecule has 0 radical (unpaired) electrons. The molecule has 0 bridgehead atoms. The molecule has 4 aromatic rings. The number of nitrogens with zero attached hydrogens (tertiary/aromatic N) is 1. The van der Waals surface area contributed by atoms with Crippen LogP contribution >= 0.6 is 0 Å². The van der Waals surface area contributed by atoms with Crippen LogP contribution in [0.5, 0.6) is 5.75 Å². The summed E-state index contributed by atoms with van der Waals surface area (Å²) >= 11 is 0. The lowest BCUT2D eigenvalue weighted by molar-refractivity contribution is 0.102. The summed E-state index contributed by atoms with van der Waals surface area (Å²) in [5, 5.41) is 4.07. The van der Waals surface area contributed by atoms with Crippen molar-refractivity contribution in [3.63, 3.8) is 0 Å². The van der Waals surface area contributed by atoms with Crippen LogP contribution < -0.4 is 10.1 Å². The van der Waals surface area contributed by atoms with Gasteiger partial charge in [0.15, 0.2) is 5.76 Å². The van der Waals surface area contributed by atoms with Crippen LogP contribution in [0.15, 0.2) is 83.3 Å². The number of amides is 1. The number of carbonyl (C=O) groups excluding carboxylic acids is 1. The summed E-state index contributed by atoms with van der Waals surface area (Å²) < 4.78 is 12.2. The molecule has 1 unspecified atom stereocenters. The molecule has 3 aromatic carbocycles. The summed E-state index contributed by atoms with van der Waals surface area (Å²) in [6, 6.07) is 25.1. The van der Waals surface area contributed by atoms with E-state index in [-0.39, 0.29) is 11.9 Å². The lowest BCUT2D eigenvalue weighted by Gasteiger charge is -2.34. The minimum absolute atomic E-state index is 0.152. The molecule has 1 aliphatic rings. The number of benzene rings is 3. The van der Waals surface area contributed by atoms with E-state index in [1.807, 2.05) is 72.8 Å². The van der Waals surface area contributed by atoms with Crippen molar-refractivity contribution in [1.82, 2.24) is 4.90 Å². The molecule has 5 rings (SSSR count). The van der Waals surface area contributed by atoms with Gasteiger partial charge in [-0.15, -0.1) is 0 Å². The molecule has 2 heterocycles. The van der Waals surface area contributed by atoms with Crippen LogP contribution in [-0.4, -0.2) is 31.0 Å². The predicted octanol–water partition coefficient (Wildman–Crippen LogP) is 6.27. The monoisotopic (exact) mass is 440 g/mol. The number of furan rings is 1. The lowest BCUT2D eigenvalue weighted by Crippen LogP contribution is -2.34. The second kappa shape index (κ2) is 9.51. The van der Waals surface area contributed by atoms with Gasteiger partial charge >= 0.3 is 0 Å². The van der Waals surface area contributed by atoms with Gasteiger partial charge in [-0.3, -0.25) is 9.69 Å². The largest absolute Gasteiger partial charge is 0.496 e. The molecule has 168 valence electrons. The summed E-state index contributed by atoms with van der Waals surface area (Å²) in [5.41, 5.74) is 3.13. The number of hydrogen-bond acceptors (Lipinski definition) is 4. The Morgan fingerprint density at radius 3 is 2.39 bits per heavy atom. The summed E-state index contributed by atoms with van der Waals surface area (Å²) in [7, 11) is 1.70. The number of fused-ring (bicyclic) bond motifs is 1. The maximum atomic E-state index is 13.2. The van der Waals surface area contributed by atoms with E-state index in [2.05, 4.69) is 16.3 Å². The lowest BCUT2D eigenvalue weighted by atomic mass is 9.97. The van der Waals surface area contributed by atoms with Gasteiger partial charge in [-0.25, -0.2) is 0 Å². The Bertz CT molecular complexity index is 1240. The summed E-state index contributed by atoms with van der Waals surface area (Å²) in [6.07, 6.45) is 3.50. The van der Waals surface area contributed by atoms with Crippen molar-refractivity contribution in [3.8, 4) is 5.75 Å². The SMILES string of the molecule is COc1ccccc1C(c1oc2ccccc2c1NC(=O)c1ccccc1)N1CCCCC1. The smallest absolute Gasteiger partial charge is 0.255 e. The first kappa shape index (κ1) is 21.3. The molecule has 0 aliphatic carbocycles. The van der Waals surface area contributed by atoms with Crippen LogP contribution in [0.1, 0.15) is 47.0 Å². The minimum atomic E-state index is -0.167. The van der Waals surface area contributed by atoms with Gasteiger partial charge in [0.1, 0.15) is 11.3 Å². The predicted molar refractivity (Wildman–Crippen MR) is 131 cm³/mol. The summed E-state index contributed by atoms with van der Waals surface area (Å²) in [6.45, 7) is 1.93. The highest BCUT2D eigenvalue weighted by Gasteiger charge is 2.33. The Morgan fingerprint density at radius 2 is 1.61 bits per heavy atom. The summed E-state index contributed by atoms with van der Waals surface area (Å²) in [5.74, 6) is 1.40. The van der Waals surface area contributed by atoms with Gasteiger partial charge in [0.05, 0.1) is 18.8 Å². The first-order valence-corrected chi connectivity index (χ1v) is 11.5. The van der Waals surface area contributed by atoms with Crippen LogP contribution in [-0.2, 0) is 0 Å². The van der Waals surface area contributed by atoms with E-state index in [1.165, 1.54) is 6.42 Å². The van der Waals surface area contributed by atoms with Crippen LogP contribution in [0.3, 0.4) is 0 Å². The zero-order valence-electron chi connectivity index (χ0n) is 18.8. The maximum absolute atomic E-state index is 13.2. The number of para-hydroxylation sites is 2. The van der Waals surface area contributed by atoms with Crippen LogP contribution in [0.4, 0.5) is 5.69 Å². The van der Waals surface area contributed by atoms with Gasteiger partial charge in [-0.1, -0.05) is 55.0 Å². The third-order valence-electron chi connectivity index (χ3n) is 6.33. The van der Waals surface area contributed by atoms with Crippen LogP contribution in [0.25, 0.3) is 11.0 Å². The number of methoxy groups -OCH3 is 1. The number of anilines is 1. The standard InChI is InChI=1S/C28H28N2O3/c1-32-23-16-8-7-15-22(23)26(30-18-10-3-11-19-30)27-25(21-14-6-9-17-24(21)33-27)29-28(31)20-12-4-2-5-13-20/h2,4-9,12-17,26H,3,10-11,18-19H2,1H3,(H,29,31). The maximum Gasteiger partial charge on any atom is 0.255 e. The number of likely N-dealkylation sites (tertiary alicyclic amines) is 1. The Hall–Kier alpha value is -3.57.